The number of ether oxygens (including phenoxy) is 1. The largest absolute Gasteiger partial charge is 0.504 e. The first-order valence-corrected chi connectivity index (χ1v) is 10.0. The summed E-state index contributed by atoms with van der Waals surface area (Å²) in [5.41, 5.74) is 3.32. The van der Waals surface area contributed by atoms with E-state index in [9.17, 15) is 14.7 Å². The van der Waals surface area contributed by atoms with Crippen LogP contribution in [0.2, 0.25) is 0 Å². The number of methoxy groups -OCH3 is 1. The summed E-state index contributed by atoms with van der Waals surface area (Å²) in [5.74, 6) is 0.0208. The van der Waals surface area contributed by atoms with E-state index in [1.807, 2.05) is 6.07 Å². The summed E-state index contributed by atoms with van der Waals surface area (Å²) >= 11 is 2.05. The molecule has 5 nitrogen and oxygen atoms in total. The standard InChI is InChI=1S/C20H20INO4/c1-26-16-9-10(8-11(21)20(16)25)17-18-12(4-2-6-14(18)23)22-13-5-3-7-15(24)19(13)17/h8-9,17-18,25H,2-7H2,1H3. The van der Waals surface area contributed by atoms with Crippen LogP contribution in [0, 0.1) is 9.49 Å². The Morgan fingerprint density at radius 1 is 1.12 bits per heavy atom. The Bertz CT molecular complexity index is 871. The van der Waals surface area contributed by atoms with E-state index in [1.165, 1.54) is 7.11 Å². The minimum atomic E-state index is -0.366. The minimum absolute atomic E-state index is 0.0840. The first-order chi connectivity index (χ1) is 12.5. The molecule has 1 aliphatic heterocycles. The molecule has 26 heavy (non-hydrogen) atoms. The smallest absolute Gasteiger partial charge is 0.171 e. The van der Waals surface area contributed by atoms with Crippen LogP contribution in [0.1, 0.15) is 50.0 Å². The number of ketones is 2. The maximum atomic E-state index is 12.8. The van der Waals surface area contributed by atoms with Crippen molar-refractivity contribution in [1.82, 2.24) is 0 Å². The van der Waals surface area contributed by atoms with E-state index in [0.29, 0.717) is 27.7 Å². The van der Waals surface area contributed by atoms with Gasteiger partial charge in [-0.2, -0.15) is 0 Å². The Labute approximate surface area is 165 Å². The molecule has 1 aromatic rings. The Morgan fingerprint density at radius 3 is 2.65 bits per heavy atom. The van der Waals surface area contributed by atoms with Crippen molar-refractivity contribution in [3.05, 3.63) is 32.5 Å². The fraction of sp³-hybridized carbons (Fsp3) is 0.450. The quantitative estimate of drug-likeness (QED) is 0.672. The van der Waals surface area contributed by atoms with E-state index in [0.717, 1.165) is 42.7 Å². The Kier molecular flexibility index (Phi) is 4.62. The number of fused-ring (bicyclic) bond motifs is 1. The lowest BCUT2D eigenvalue weighted by atomic mass is 9.67. The molecule has 3 aliphatic rings. The molecule has 0 amide bonds. The lowest BCUT2D eigenvalue weighted by molar-refractivity contribution is -0.122. The first-order valence-electron chi connectivity index (χ1n) is 8.94. The van der Waals surface area contributed by atoms with Crippen LogP contribution >= 0.6 is 22.6 Å². The van der Waals surface area contributed by atoms with E-state index in [2.05, 4.69) is 22.6 Å². The number of aromatic hydroxyl groups is 1. The van der Waals surface area contributed by atoms with Gasteiger partial charge in [0, 0.05) is 35.7 Å². The summed E-state index contributed by atoms with van der Waals surface area (Å²) in [7, 11) is 1.50. The number of Topliss-reactive ketones (excluding diaryl/α,β-unsaturated/α-hetero) is 2. The third-order valence-electron chi connectivity index (χ3n) is 5.54. The maximum Gasteiger partial charge on any atom is 0.171 e. The third kappa shape index (κ3) is 2.78. The van der Waals surface area contributed by atoms with Crippen LogP contribution in [0.4, 0.5) is 0 Å². The number of allylic oxidation sites excluding steroid dienone is 2. The zero-order valence-corrected chi connectivity index (χ0v) is 16.7. The average molecular weight is 465 g/mol. The van der Waals surface area contributed by atoms with Gasteiger partial charge in [0.05, 0.1) is 16.6 Å². The van der Waals surface area contributed by atoms with Crippen LogP contribution < -0.4 is 4.74 Å². The molecule has 136 valence electrons. The van der Waals surface area contributed by atoms with Gasteiger partial charge in [0.25, 0.3) is 0 Å². The Hall–Kier alpha value is -1.70. The molecule has 2 atom stereocenters. The monoisotopic (exact) mass is 465 g/mol. The molecular weight excluding hydrogens is 445 g/mol. The maximum absolute atomic E-state index is 12.8. The van der Waals surface area contributed by atoms with Gasteiger partial charge < -0.3 is 9.84 Å². The molecule has 1 aromatic carbocycles. The molecule has 0 radical (unpaired) electrons. The van der Waals surface area contributed by atoms with Gasteiger partial charge in [-0.1, -0.05) is 0 Å². The second kappa shape index (κ2) is 6.79. The van der Waals surface area contributed by atoms with Crippen molar-refractivity contribution in [3.63, 3.8) is 0 Å². The number of halogens is 1. The molecule has 2 unspecified atom stereocenters. The van der Waals surface area contributed by atoms with E-state index >= 15 is 0 Å². The number of carbonyl (C=O) groups is 2. The van der Waals surface area contributed by atoms with Crippen LogP contribution in [0.3, 0.4) is 0 Å². The second-order valence-electron chi connectivity index (χ2n) is 7.07. The van der Waals surface area contributed by atoms with Gasteiger partial charge in [-0.25, -0.2) is 0 Å². The van der Waals surface area contributed by atoms with Crippen molar-refractivity contribution < 1.29 is 19.4 Å². The molecule has 4 rings (SSSR count). The highest BCUT2D eigenvalue weighted by atomic mass is 127. The minimum Gasteiger partial charge on any atom is -0.504 e. The zero-order valence-electron chi connectivity index (χ0n) is 14.5. The van der Waals surface area contributed by atoms with Crippen LogP contribution in [0.25, 0.3) is 0 Å². The van der Waals surface area contributed by atoms with Gasteiger partial charge >= 0.3 is 0 Å². The molecule has 6 heteroatoms. The van der Waals surface area contributed by atoms with Crippen molar-refractivity contribution in [1.29, 1.82) is 0 Å². The Morgan fingerprint density at radius 2 is 1.88 bits per heavy atom. The van der Waals surface area contributed by atoms with Crippen LogP contribution in [0.5, 0.6) is 11.5 Å². The summed E-state index contributed by atoms with van der Waals surface area (Å²) in [6.45, 7) is 0. The molecule has 0 spiro atoms. The second-order valence-corrected chi connectivity index (χ2v) is 8.23. The van der Waals surface area contributed by atoms with Gasteiger partial charge in [0.15, 0.2) is 17.3 Å². The van der Waals surface area contributed by atoms with Crippen LogP contribution in [0.15, 0.2) is 28.4 Å². The number of hydrogen-bond acceptors (Lipinski definition) is 5. The number of carbonyl (C=O) groups excluding carboxylic acids is 2. The summed E-state index contributed by atoms with van der Waals surface area (Å²) in [5, 5.41) is 10.2. The topological polar surface area (TPSA) is 76.0 Å². The number of rotatable bonds is 2. The summed E-state index contributed by atoms with van der Waals surface area (Å²) in [6, 6.07) is 3.62. The molecule has 1 saturated carbocycles. The van der Waals surface area contributed by atoms with E-state index < -0.39 is 0 Å². The number of benzene rings is 1. The molecule has 1 heterocycles. The lowest BCUT2D eigenvalue weighted by Gasteiger charge is -2.38. The van der Waals surface area contributed by atoms with Gasteiger partial charge in [-0.15, -0.1) is 0 Å². The average Bonchev–Trinajstić information content (AvgIpc) is 2.63. The highest BCUT2D eigenvalue weighted by Crippen LogP contribution is 2.47. The lowest BCUT2D eigenvalue weighted by Crippen LogP contribution is -2.39. The molecule has 0 bridgehead atoms. The molecule has 0 saturated heterocycles. The predicted octanol–water partition coefficient (Wildman–Crippen LogP) is 3.92. The van der Waals surface area contributed by atoms with E-state index in [-0.39, 0.29) is 29.2 Å². The van der Waals surface area contributed by atoms with Gasteiger partial charge in [-0.3, -0.25) is 14.6 Å². The zero-order chi connectivity index (χ0) is 18.4. The number of aliphatic imine (C=N–C) groups is 1. The van der Waals surface area contributed by atoms with Crippen LogP contribution in [-0.4, -0.2) is 29.5 Å². The van der Waals surface area contributed by atoms with E-state index in [1.54, 1.807) is 6.07 Å². The van der Waals surface area contributed by atoms with E-state index in [4.69, 9.17) is 9.73 Å². The Balaban J connectivity index is 1.93. The summed E-state index contributed by atoms with van der Waals surface area (Å²) in [6.07, 6.45) is 4.28. The van der Waals surface area contributed by atoms with Gasteiger partial charge in [-0.05, 0) is 66.0 Å². The van der Waals surface area contributed by atoms with Crippen LogP contribution in [-0.2, 0) is 9.59 Å². The molecule has 0 aromatic heterocycles. The van der Waals surface area contributed by atoms with Gasteiger partial charge in [0.1, 0.15) is 5.78 Å². The van der Waals surface area contributed by atoms with Crippen molar-refractivity contribution in [2.45, 2.75) is 44.4 Å². The first kappa shape index (κ1) is 17.7. The molecule has 2 aliphatic carbocycles. The predicted molar refractivity (Wildman–Crippen MR) is 106 cm³/mol. The van der Waals surface area contributed by atoms with Gasteiger partial charge in [0.2, 0.25) is 0 Å². The fourth-order valence-electron chi connectivity index (χ4n) is 4.39. The highest BCUT2D eigenvalue weighted by Gasteiger charge is 2.44. The number of nitrogens with zero attached hydrogens (tertiary/aromatic N) is 1. The number of hydrogen-bond donors (Lipinski definition) is 1. The van der Waals surface area contributed by atoms with Crippen molar-refractivity contribution in [3.8, 4) is 11.5 Å². The fourth-order valence-corrected chi connectivity index (χ4v) is 5.01. The number of phenolic OH excluding ortho intramolecular Hbond substituents is 1. The molecule has 1 fully saturated rings. The SMILES string of the molecule is COc1cc(C2C3=C(CCCC3=O)N=C3CCCC(=O)C32)cc(I)c1O. The number of phenols is 1. The normalized spacial score (nSPS) is 25.5. The third-order valence-corrected chi connectivity index (χ3v) is 6.37. The van der Waals surface area contributed by atoms with Crippen molar-refractivity contribution >= 4 is 39.9 Å². The summed E-state index contributed by atoms with van der Waals surface area (Å²) in [4.78, 5) is 30.3. The molecular formula is C20H20INO4. The molecule has 1 N–H and O–H groups in total. The van der Waals surface area contributed by atoms with Crippen molar-refractivity contribution in [2.75, 3.05) is 7.11 Å². The summed E-state index contributed by atoms with van der Waals surface area (Å²) < 4.78 is 5.96. The highest BCUT2D eigenvalue weighted by molar-refractivity contribution is 14.1. The van der Waals surface area contributed by atoms with Crippen molar-refractivity contribution in [2.24, 2.45) is 10.9 Å².